The maximum Gasteiger partial charge on any atom is 0.252 e. The van der Waals surface area contributed by atoms with Crippen molar-refractivity contribution in [2.24, 2.45) is 5.92 Å². The molecule has 3 heteroatoms. The summed E-state index contributed by atoms with van der Waals surface area (Å²) in [6.07, 6.45) is 19.2. The second kappa shape index (κ2) is 6.35. The van der Waals surface area contributed by atoms with Crippen LogP contribution in [0, 0.1) is 5.92 Å². The molecule has 0 aromatic carbocycles. The predicted molar refractivity (Wildman–Crippen MR) is 84.5 cm³/mol. The molecule has 0 saturated heterocycles. The van der Waals surface area contributed by atoms with E-state index in [4.69, 9.17) is 0 Å². The lowest BCUT2D eigenvalue weighted by Crippen LogP contribution is -2.43. The molecule has 1 amide bonds. The Kier molecular flexibility index (Phi) is 4.53. The molecule has 108 valence electrons. The van der Waals surface area contributed by atoms with Crippen molar-refractivity contribution in [1.29, 1.82) is 0 Å². The van der Waals surface area contributed by atoms with Crippen LogP contribution in [-0.4, -0.2) is 17.7 Å². The van der Waals surface area contributed by atoms with Crippen LogP contribution in [0.2, 0.25) is 0 Å². The van der Waals surface area contributed by atoms with E-state index in [9.17, 15) is 9.59 Å². The van der Waals surface area contributed by atoms with E-state index in [1.807, 2.05) is 43.4 Å². The van der Waals surface area contributed by atoms with Crippen molar-refractivity contribution in [3.63, 3.8) is 0 Å². The third-order valence-electron chi connectivity index (χ3n) is 3.40. The lowest BCUT2D eigenvalue weighted by Gasteiger charge is -2.23. The van der Waals surface area contributed by atoms with E-state index < -0.39 is 5.54 Å². The number of carbonyl (C=O) groups excluding carboxylic acids is 2. The largest absolute Gasteiger partial charge is 0.340 e. The van der Waals surface area contributed by atoms with Crippen molar-refractivity contribution in [2.75, 3.05) is 0 Å². The highest BCUT2D eigenvalue weighted by Gasteiger charge is 2.22. The lowest BCUT2D eigenvalue weighted by molar-refractivity contribution is -0.118. The zero-order valence-corrected chi connectivity index (χ0v) is 12.2. The van der Waals surface area contributed by atoms with Gasteiger partial charge in [0, 0.05) is 11.1 Å². The van der Waals surface area contributed by atoms with Crippen molar-refractivity contribution >= 4 is 12.2 Å². The molecule has 0 aromatic heterocycles. The molecule has 2 aliphatic carbocycles. The molecule has 0 aromatic rings. The van der Waals surface area contributed by atoms with Gasteiger partial charge in [-0.15, -0.1) is 0 Å². The minimum Gasteiger partial charge on any atom is -0.340 e. The normalized spacial score (nSPS) is 27.4. The number of allylic oxidation sites excluding steroid dienone is 8. The Morgan fingerprint density at radius 1 is 1.19 bits per heavy atom. The van der Waals surface area contributed by atoms with Crippen molar-refractivity contribution in [1.82, 2.24) is 5.32 Å². The molecule has 0 fully saturated rings. The molecule has 21 heavy (non-hydrogen) atoms. The fraction of sp³-hybridized carbons (Fsp3) is 0.222. The summed E-state index contributed by atoms with van der Waals surface area (Å²) in [6, 6.07) is 0. The second-order valence-electron chi connectivity index (χ2n) is 5.44. The maximum atomic E-state index is 12.4. The third-order valence-corrected chi connectivity index (χ3v) is 3.40. The molecule has 0 aliphatic heterocycles. The highest BCUT2D eigenvalue weighted by atomic mass is 16.1. The Morgan fingerprint density at radius 2 is 2.00 bits per heavy atom. The minimum absolute atomic E-state index is 0.142. The van der Waals surface area contributed by atoms with Gasteiger partial charge in [-0.3, -0.25) is 9.59 Å². The standard InChI is InChI=1S/C18H19NO2/c1-14-5-3-7-16(9-8-14)17(21)19-18(2)11-4-6-15(13-20)10-12-18/h3-14H,1-2H3,(H,19,21). The van der Waals surface area contributed by atoms with Crippen LogP contribution in [0.25, 0.3) is 0 Å². The van der Waals surface area contributed by atoms with Gasteiger partial charge >= 0.3 is 0 Å². The summed E-state index contributed by atoms with van der Waals surface area (Å²) >= 11 is 0. The van der Waals surface area contributed by atoms with Crippen LogP contribution in [0.5, 0.6) is 0 Å². The van der Waals surface area contributed by atoms with Crippen molar-refractivity contribution in [3.05, 3.63) is 71.9 Å². The van der Waals surface area contributed by atoms with E-state index in [-0.39, 0.29) is 5.91 Å². The van der Waals surface area contributed by atoms with Gasteiger partial charge in [0.1, 0.15) is 6.29 Å². The Balaban J connectivity index is 2.13. The summed E-state index contributed by atoms with van der Waals surface area (Å²) in [7, 11) is 0. The minimum atomic E-state index is -0.616. The van der Waals surface area contributed by atoms with Gasteiger partial charge in [0.2, 0.25) is 0 Å². The van der Waals surface area contributed by atoms with Crippen molar-refractivity contribution in [3.8, 4) is 0 Å². The van der Waals surface area contributed by atoms with Gasteiger partial charge in [0.15, 0.2) is 0 Å². The Morgan fingerprint density at radius 3 is 2.76 bits per heavy atom. The average Bonchev–Trinajstić information content (AvgIpc) is 2.77. The first kappa shape index (κ1) is 15.0. The summed E-state index contributed by atoms with van der Waals surface area (Å²) in [6.45, 7) is 3.95. The number of nitrogens with one attached hydrogen (secondary N) is 1. The molecule has 2 unspecified atom stereocenters. The van der Waals surface area contributed by atoms with Gasteiger partial charge < -0.3 is 5.32 Å². The predicted octanol–water partition coefficient (Wildman–Crippen LogP) is 2.80. The molecule has 2 atom stereocenters. The fourth-order valence-corrected chi connectivity index (χ4v) is 2.08. The Labute approximate surface area is 125 Å². The van der Waals surface area contributed by atoms with Gasteiger partial charge in [0.25, 0.3) is 5.91 Å². The molecule has 0 heterocycles. The first-order chi connectivity index (χ1) is 10.0. The topological polar surface area (TPSA) is 46.2 Å². The molecule has 0 bridgehead atoms. The number of carbonyl (C=O) groups is 2. The number of rotatable bonds is 3. The molecule has 1 N–H and O–H groups in total. The van der Waals surface area contributed by atoms with Crippen LogP contribution in [0.4, 0.5) is 0 Å². The van der Waals surface area contributed by atoms with E-state index in [1.54, 1.807) is 24.3 Å². The zero-order valence-electron chi connectivity index (χ0n) is 12.2. The van der Waals surface area contributed by atoms with Crippen LogP contribution < -0.4 is 5.32 Å². The van der Waals surface area contributed by atoms with Gasteiger partial charge in [-0.1, -0.05) is 61.6 Å². The summed E-state index contributed by atoms with van der Waals surface area (Å²) in [5.41, 5.74) is 0.579. The maximum absolute atomic E-state index is 12.4. The number of hydrogen-bond donors (Lipinski definition) is 1. The van der Waals surface area contributed by atoms with Gasteiger partial charge in [-0.05, 0) is 18.9 Å². The van der Waals surface area contributed by atoms with Crippen LogP contribution in [0.1, 0.15) is 13.8 Å². The molecule has 0 spiro atoms. The highest BCUT2D eigenvalue weighted by molar-refractivity contribution is 5.97. The van der Waals surface area contributed by atoms with Crippen LogP contribution in [0.3, 0.4) is 0 Å². The average molecular weight is 281 g/mol. The molecular formula is C18H19NO2. The van der Waals surface area contributed by atoms with E-state index in [1.165, 1.54) is 0 Å². The second-order valence-corrected chi connectivity index (χ2v) is 5.44. The molecular weight excluding hydrogens is 262 g/mol. The summed E-state index contributed by atoms with van der Waals surface area (Å²) < 4.78 is 0. The van der Waals surface area contributed by atoms with E-state index in [0.29, 0.717) is 17.1 Å². The fourth-order valence-electron chi connectivity index (χ4n) is 2.08. The van der Waals surface area contributed by atoms with Crippen molar-refractivity contribution in [2.45, 2.75) is 19.4 Å². The van der Waals surface area contributed by atoms with Crippen LogP contribution in [-0.2, 0) is 9.59 Å². The summed E-state index contributed by atoms with van der Waals surface area (Å²) in [5.74, 6) is 0.176. The van der Waals surface area contributed by atoms with Crippen molar-refractivity contribution < 1.29 is 9.59 Å². The van der Waals surface area contributed by atoms with E-state index in [0.717, 1.165) is 6.29 Å². The van der Waals surface area contributed by atoms with E-state index in [2.05, 4.69) is 12.2 Å². The van der Waals surface area contributed by atoms with E-state index >= 15 is 0 Å². The highest BCUT2D eigenvalue weighted by Crippen LogP contribution is 2.16. The summed E-state index contributed by atoms with van der Waals surface area (Å²) in [5, 5.41) is 2.98. The monoisotopic (exact) mass is 281 g/mol. The molecule has 3 nitrogen and oxygen atoms in total. The smallest absolute Gasteiger partial charge is 0.252 e. The number of aldehydes is 1. The first-order valence-corrected chi connectivity index (χ1v) is 6.95. The molecule has 2 rings (SSSR count). The zero-order chi connectivity index (χ0) is 15.3. The SMILES string of the molecule is CC1C=CC=C(C(=O)NC2(C)C=CC=C(C=O)C=C2)C=C1. The van der Waals surface area contributed by atoms with Crippen LogP contribution in [0.15, 0.2) is 71.9 Å². The van der Waals surface area contributed by atoms with Gasteiger partial charge in [0.05, 0.1) is 5.54 Å². The first-order valence-electron chi connectivity index (χ1n) is 6.95. The number of hydrogen-bond acceptors (Lipinski definition) is 2. The quantitative estimate of drug-likeness (QED) is 0.809. The molecule has 0 saturated carbocycles. The molecule has 0 radical (unpaired) electrons. The summed E-state index contributed by atoms with van der Waals surface area (Å²) in [4.78, 5) is 23.2. The van der Waals surface area contributed by atoms with Gasteiger partial charge in [-0.25, -0.2) is 0 Å². The Bertz CT molecular complexity index is 617. The lowest BCUT2D eigenvalue weighted by atomic mass is 10.0. The van der Waals surface area contributed by atoms with Gasteiger partial charge in [-0.2, -0.15) is 0 Å². The third kappa shape index (κ3) is 4.02. The Hall–Kier alpha value is -2.42. The molecule has 2 aliphatic rings. The van der Waals surface area contributed by atoms with Crippen LogP contribution >= 0.6 is 0 Å². The number of amides is 1.